The van der Waals surface area contributed by atoms with E-state index in [1.807, 2.05) is 24.3 Å². The predicted octanol–water partition coefficient (Wildman–Crippen LogP) is 4.19. The van der Waals surface area contributed by atoms with Gasteiger partial charge in [-0.1, -0.05) is 42.5 Å². The molecule has 7 nitrogen and oxygen atoms in total. The van der Waals surface area contributed by atoms with Gasteiger partial charge in [0.05, 0.1) is 6.61 Å². The second kappa shape index (κ2) is 10.9. The van der Waals surface area contributed by atoms with Gasteiger partial charge in [-0.25, -0.2) is 9.59 Å². The summed E-state index contributed by atoms with van der Waals surface area (Å²) in [6.45, 7) is 7.46. The highest BCUT2D eigenvalue weighted by Gasteiger charge is 2.18. The minimum absolute atomic E-state index is 0.287. The molecule has 33 heavy (non-hydrogen) atoms. The predicted molar refractivity (Wildman–Crippen MR) is 130 cm³/mol. The number of carbonyl (C=O) groups excluding carboxylic acids is 1. The minimum atomic E-state index is -0.535. The van der Waals surface area contributed by atoms with E-state index in [0.717, 1.165) is 43.7 Å². The van der Waals surface area contributed by atoms with Crippen LogP contribution >= 0.6 is 0 Å². The van der Waals surface area contributed by atoms with E-state index >= 15 is 0 Å². The molecule has 4 rings (SSSR count). The molecular weight excluding hydrogens is 418 g/mol. The van der Waals surface area contributed by atoms with Crippen LogP contribution in [0.1, 0.15) is 18.1 Å². The second-order valence-corrected chi connectivity index (χ2v) is 8.04. The molecule has 1 fully saturated rings. The van der Waals surface area contributed by atoms with Crippen molar-refractivity contribution >= 4 is 28.8 Å². The van der Waals surface area contributed by atoms with Crippen LogP contribution in [-0.2, 0) is 11.3 Å². The number of hydrogen-bond donors (Lipinski definition) is 1. The van der Waals surface area contributed by atoms with Crippen LogP contribution in [0.25, 0.3) is 17.0 Å². The Hall–Kier alpha value is -3.42. The van der Waals surface area contributed by atoms with E-state index < -0.39 is 11.7 Å². The summed E-state index contributed by atoms with van der Waals surface area (Å²) in [7, 11) is 0. The van der Waals surface area contributed by atoms with Gasteiger partial charge < -0.3 is 9.15 Å². The molecular formula is C26H29N3O4. The first-order chi connectivity index (χ1) is 16.1. The first-order valence-electron chi connectivity index (χ1n) is 11.3. The monoisotopic (exact) mass is 447 g/mol. The van der Waals surface area contributed by atoms with Crippen LogP contribution in [0.5, 0.6) is 0 Å². The van der Waals surface area contributed by atoms with Crippen molar-refractivity contribution < 1.29 is 13.9 Å². The summed E-state index contributed by atoms with van der Waals surface area (Å²) in [6.07, 6.45) is 3.84. The Morgan fingerprint density at radius 2 is 1.82 bits per heavy atom. The van der Waals surface area contributed by atoms with E-state index in [4.69, 9.17) is 9.15 Å². The molecule has 0 aliphatic carbocycles. The standard InChI is InChI=1S/C26H29N3O4/c1-2-32-26(31)27-22-10-11-23-21(17-25(30)33-24(23)18-22)19-29-15-13-28(14-16-29)12-6-9-20-7-4-3-5-8-20/h3-11,17-18H,2,12-16,19H2,1H3,(H,27,31)/b9-6+. The Morgan fingerprint density at radius 3 is 2.58 bits per heavy atom. The van der Waals surface area contributed by atoms with E-state index in [0.29, 0.717) is 17.8 Å². The lowest BCUT2D eigenvalue weighted by Gasteiger charge is -2.34. The number of amides is 1. The van der Waals surface area contributed by atoms with Crippen LogP contribution in [0.4, 0.5) is 10.5 Å². The fourth-order valence-electron chi connectivity index (χ4n) is 4.00. The molecule has 0 atom stereocenters. The Kier molecular flexibility index (Phi) is 7.55. The largest absolute Gasteiger partial charge is 0.450 e. The SMILES string of the molecule is CCOC(=O)Nc1ccc2c(CN3CCN(C/C=C/c4ccccc4)CC3)cc(=O)oc2c1. The van der Waals surface area contributed by atoms with Crippen molar-refractivity contribution in [2.45, 2.75) is 13.5 Å². The summed E-state index contributed by atoms with van der Waals surface area (Å²) in [6, 6.07) is 17.2. The van der Waals surface area contributed by atoms with Gasteiger partial charge in [0.25, 0.3) is 0 Å². The summed E-state index contributed by atoms with van der Waals surface area (Å²) >= 11 is 0. The van der Waals surface area contributed by atoms with E-state index in [1.54, 1.807) is 25.1 Å². The van der Waals surface area contributed by atoms with Gasteiger partial charge in [0.2, 0.25) is 0 Å². The van der Waals surface area contributed by atoms with Gasteiger partial charge in [0.1, 0.15) is 5.58 Å². The molecule has 2 aromatic carbocycles. The number of hydrogen-bond acceptors (Lipinski definition) is 6. The normalized spacial score (nSPS) is 15.2. The molecule has 1 saturated heterocycles. The number of nitrogens with zero attached hydrogens (tertiary/aromatic N) is 2. The molecule has 1 amide bonds. The molecule has 0 saturated carbocycles. The van der Waals surface area contributed by atoms with Crippen LogP contribution in [-0.4, -0.2) is 55.2 Å². The van der Waals surface area contributed by atoms with Crippen molar-refractivity contribution in [3.63, 3.8) is 0 Å². The Bertz CT molecular complexity index is 1170. The number of piperazine rings is 1. The third-order valence-electron chi connectivity index (χ3n) is 5.68. The zero-order chi connectivity index (χ0) is 23.0. The molecule has 0 spiro atoms. The fourth-order valence-corrected chi connectivity index (χ4v) is 4.00. The van der Waals surface area contributed by atoms with E-state index in [-0.39, 0.29) is 6.61 Å². The molecule has 2 heterocycles. The van der Waals surface area contributed by atoms with E-state index in [9.17, 15) is 9.59 Å². The molecule has 3 aromatic rings. The zero-order valence-electron chi connectivity index (χ0n) is 18.8. The minimum Gasteiger partial charge on any atom is -0.450 e. The van der Waals surface area contributed by atoms with Crippen molar-refractivity contribution in [1.82, 2.24) is 9.80 Å². The number of ether oxygens (including phenoxy) is 1. The van der Waals surface area contributed by atoms with Crippen molar-refractivity contribution in [1.29, 1.82) is 0 Å². The quantitative estimate of drug-likeness (QED) is 0.548. The molecule has 0 radical (unpaired) electrons. The maximum absolute atomic E-state index is 12.2. The average Bonchev–Trinajstić information content (AvgIpc) is 2.81. The second-order valence-electron chi connectivity index (χ2n) is 8.04. The maximum atomic E-state index is 12.2. The smallest absolute Gasteiger partial charge is 0.411 e. The Morgan fingerprint density at radius 1 is 1.06 bits per heavy atom. The molecule has 7 heteroatoms. The Balaban J connectivity index is 1.36. The van der Waals surface area contributed by atoms with Crippen LogP contribution in [0, 0.1) is 0 Å². The molecule has 1 N–H and O–H groups in total. The third kappa shape index (κ3) is 6.31. The van der Waals surface area contributed by atoms with E-state index in [2.05, 4.69) is 39.4 Å². The van der Waals surface area contributed by atoms with Crippen LogP contribution < -0.4 is 10.9 Å². The zero-order valence-corrected chi connectivity index (χ0v) is 18.8. The molecule has 1 aliphatic rings. The highest BCUT2D eigenvalue weighted by Crippen LogP contribution is 2.23. The number of benzene rings is 2. The molecule has 0 unspecified atom stereocenters. The van der Waals surface area contributed by atoms with Crippen molar-refractivity contribution in [2.24, 2.45) is 0 Å². The fraction of sp³-hybridized carbons (Fsp3) is 0.308. The van der Waals surface area contributed by atoms with Gasteiger partial charge in [0.15, 0.2) is 0 Å². The van der Waals surface area contributed by atoms with E-state index in [1.165, 1.54) is 5.56 Å². The van der Waals surface area contributed by atoms with Gasteiger partial charge in [0, 0.05) is 62.5 Å². The van der Waals surface area contributed by atoms with Gasteiger partial charge in [-0.3, -0.25) is 15.1 Å². The lowest BCUT2D eigenvalue weighted by atomic mass is 10.1. The maximum Gasteiger partial charge on any atom is 0.411 e. The summed E-state index contributed by atoms with van der Waals surface area (Å²) in [4.78, 5) is 28.6. The van der Waals surface area contributed by atoms with Crippen LogP contribution in [0.15, 0.2) is 69.9 Å². The molecule has 172 valence electrons. The number of anilines is 1. The third-order valence-corrected chi connectivity index (χ3v) is 5.68. The highest BCUT2D eigenvalue weighted by molar-refractivity contribution is 5.89. The summed E-state index contributed by atoms with van der Waals surface area (Å²) in [5.74, 6) is 0. The summed E-state index contributed by atoms with van der Waals surface area (Å²) in [5, 5.41) is 3.52. The van der Waals surface area contributed by atoms with Gasteiger partial charge in [-0.15, -0.1) is 0 Å². The Labute approximate surface area is 193 Å². The number of carbonyl (C=O) groups is 1. The number of nitrogens with one attached hydrogen (secondary N) is 1. The van der Waals surface area contributed by atoms with Crippen molar-refractivity contribution in [2.75, 3.05) is 44.6 Å². The molecule has 0 bridgehead atoms. The summed E-state index contributed by atoms with van der Waals surface area (Å²) < 4.78 is 10.3. The van der Waals surface area contributed by atoms with Gasteiger partial charge in [-0.05, 0) is 30.2 Å². The molecule has 1 aliphatic heterocycles. The lowest BCUT2D eigenvalue weighted by Crippen LogP contribution is -2.45. The molecule has 1 aromatic heterocycles. The van der Waals surface area contributed by atoms with Crippen LogP contribution in [0.3, 0.4) is 0 Å². The van der Waals surface area contributed by atoms with Gasteiger partial charge in [-0.2, -0.15) is 0 Å². The van der Waals surface area contributed by atoms with Gasteiger partial charge >= 0.3 is 11.7 Å². The topological polar surface area (TPSA) is 75.0 Å². The van der Waals surface area contributed by atoms with Crippen LogP contribution in [0.2, 0.25) is 0 Å². The first kappa shape index (κ1) is 22.8. The number of rotatable bonds is 7. The average molecular weight is 448 g/mol. The van der Waals surface area contributed by atoms with Crippen molar-refractivity contribution in [3.05, 3.63) is 82.2 Å². The van der Waals surface area contributed by atoms with Crippen molar-refractivity contribution in [3.8, 4) is 0 Å². The highest BCUT2D eigenvalue weighted by atomic mass is 16.5. The number of fused-ring (bicyclic) bond motifs is 1. The first-order valence-corrected chi connectivity index (χ1v) is 11.3. The summed E-state index contributed by atoms with van der Waals surface area (Å²) in [5.41, 5.74) is 2.73. The lowest BCUT2D eigenvalue weighted by molar-refractivity contribution is 0.137.